The van der Waals surface area contributed by atoms with E-state index in [-0.39, 0.29) is 11.2 Å². The Labute approximate surface area is 166 Å². The molecule has 7 nitrogen and oxygen atoms in total. The van der Waals surface area contributed by atoms with Gasteiger partial charge in [-0.05, 0) is 45.0 Å². The Morgan fingerprint density at radius 3 is 2.56 bits per heavy atom. The van der Waals surface area contributed by atoms with Crippen LogP contribution in [0.1, 0.15) is 17.5 Å². The molecule has 9 heteroatoms. The maximum absolute atomic E-state index is 12.5. The number of ether oxygens (including phenoxy) is 1. The molecule has 0 spiro atoms. The highest BCUT2D eigenvalue weighted by molar-refractivity contribution is 8.00. The van der Waals surface area contributed by atoms with Crippen molar-refractivity contribution in [3.63, 3.8) is 0 Å². The Morgan fingerprint density at radius 1 is 1.26 bits per heavy atom. The second-order valence-electron chi connectivity index (χ2n) is 6.00. The first-order valence-corrected chi connectivity index (χ1v) is 10.0. The van der Waals surface area contributed by atoms with Crippen LogP contribution < -0.4 is 10.1 Å². The van der Waals surface area contributed by atoms with Crippen molar-refractivity contribution in [2.75, 3.05) is 12.4 Å². The second kappa shape index (κ2) is 8.10. The van der Waals surface area contributed by atoms with Crippen molar-refractivity contribution in [1.29, 1.82) is 0 Å². The van der Waals surface area contributed by atoms with Crippen LogP contribution in [0.2, 0.25) is 0 Å². The van der Waals surface area contributed by atoms with Crippen LogP contribution in [0.4, 0.5) is 5.13 Å². The molecule has 1 amide bonds. The fourth-order valence-corrected chi connectivity index (χ4v) is 3.99. The number of hydrogen-bond acceptors (Lipinski definition) is 7. The van der Waals surface area contributed by atoms with Crippen LogP contribution in [0, 0.1) is 13.8 Å². The molecule has 0 fully saturated rings. The Morgan fingerprint density at radius 2 is 1.96 bits per heavy atom. The third-order valence-corrected chi connectivity index (χ3v) is 6.22. The summed E-state index contributed by atoms with van der Waals surface area (Å²) in [5.74, 6) is 1.41. The average Bonchev–Trinajstić information content (AvgIpc) is 3.17. The van der Waals surface area contributed by atoms with Gasteiger partial charge in [0.15, 0.2) is 16.1 Å². The van der Waals surface area contributed by atoms with Crippen LogP contribution in [0.3, 0.4) is 0 Å². The molecule has 0 saturated heterocycles. The van der Waals surface area contributed by atoms with Crippen molar-refractivity contribution in [2.45, 2.75) is 31.2 Å². The highest BCUT2D eigenvalue weighted by Gasteiger charge is 2.20. The number of nitrogens with zero attached hydrogens (tertiary/aromatic N) is 4. The van der Waals surface area contributed by atoms with Crippen molar-refractivity contribution in [2.24, 2.45) is 7.05 Å². The van der Waals surface area contributed by atoms with E-state index in [9.17, 15) is 4.79 Å². The lowest BCUT2D eigenvalue weighted by molar-refractivity contribution is -0.115. The summed E-state index contributed by atoms with van der Waals surface area (Å²) in [5.41, 5.74) is 1.87. The molecule has 27 heavy (non-hydrogen) atoms. The number of anilines is 1. The van der Waals surface area contributed by atoms with Gasteiger partial charge in [0.1, 0.15) is 5.75 Å². The first-order chi connectivity index (χ1) is 12.9. The Balaban J connectivity index is 1.69. The van der Waals surface area contributed by atoms with Gasteiger partial charge in [0.25, 0.3) is 0 Å². The lowest BCUT2D eigenvalue weighted by atomic mass is 10.2. The molecule has 1 aromatic carbocycles. The number of hydrogen-bond donors (Lipinski definition) is 1. The second-order valence-corrected chi connectivity index (χ2v) is 8.51. The zero-order chi connectivity index (χ0) is 19.6. The smallest absolute Gasteiger partial charge is 0.239 e. The van der Waals surface area contributed by atoms with E-state index in [0.29, 0.717) is 10.3 Å². The van der Waals surface area contributed by atoms with Gasteiger partial charge < -0.3 is 14.6 Å². The average molecular weight is 404 g/mol. The van der Waals surface area contributed by atoms with Crippen LogP contribution in [0.25, 0.3) is 11.4 Å². The van der Waals surface area contributed by atoms with Crippen molar-refractivity contribution >= 4 is 34.1 Å². The third-order valence-electron chi connectivity index (χ3n) is 4.09. The topological polar surface area (TPSA) is 81.9 Å². The van der Waals surface area contributed by atoms with Gasteiger partial charge in [-0.15, -0.1) is 21.5 Å². The predicted molar refractivity (Wildman–Crippen MR) is 109 cm³/mol. The van der Waals surface area contributed by atoms with Gasteiger partial charge in [-0.25, -0.2) is 4.98 Å². The quantitative estimate of drug-likeness (QED) is 0.632. The summed E-state index contributed by atoms with van der Waals surface area (Å²) < 4.78 is 7.06. The summed E-state index contributed by atoms with van der Waals surface area (Å²) in [6.45, 7) is 5.76. The number of amides is 1. The van der Waals surface area contributed by atoms with Crippen LogP contribution in [0.15, 0.2) is 29.4 Å². The van der Waals surface area contributed by atoms with Crippen molar-refractivity contribution < 1.29 is 9.53 Å². The number of thioether (sulfide) groups is 1. The predicted octanol–water partition coefficient (Wildman–Crippen LogP) is 3.68. The highest BCUT2D eigenvalue weighted by Crippen LogP contribution is 2.28. The van der Waals surface area contributed by atoms with E-state index in [1.54, 1.807) is 7.11 Å². The summed E-state index contributed by atoms with van der Waals surface area (Å²) >= 11 is 2.84. The minimum atomic E-state index is -0.332. The highest BCUT2D eigenvalue weighted by atomic mass is 32.2. The van der Waals surface area contributed by atoms with Gasteiger partial charge in [0.05, 0.1) is 18.1 Å². The van der Waals surface area contributed by atoms with Gasteiger partial charge >= 0.3 is 0 Å². The van der Waals surface area contributed by atoms with Gasteiger partial charge in [0.2, 0.25) is 5.91 Å². The van der Waals surface area contributed by atoms with E-state index in [1.165, 1.54) is 23.1 Å². The van der Waals surface area contributed by atoms with Gasteiger partial charge in [-0.1, -0.05) is 11.8 Å². The molecule has 0 radical (unpaired) electrons. The Hall–Kier alpha value is -2.39. The van der Waals surface area contributed by atoms with E-state index < -0.39 is 0 Å². The maximum Gasteiger partial charge on any atom is 0.239 e. The van der Waals surface area contributed by atoms with Gasteiger partial charge in [-0.2, -0.15) is 0 Å². The lowest BCUT2D eigenvalue weighted by Gasteiger charge is -2.10. The van der Waals surface area contributed by atoms with Crippen molar-refractivity contribution in [3.8, 4) is 17.1 Å². The zero-order valence-electron chi connectivity index (χ0n) is 15.8. The molecule has 0 unspecified atom stereocenters. The lowest BCUT2D eigenvalue weighted by Crippen LogP contribution is -2.22. The minimum absolute atomic E-state index is 0.109. The largest absolute Gasteiger partial charge is 0.497 e. The molecule has 2 heterocycles. The number of aromatic nitrogens is 4. The summed E-state index contributed by atoms with van der Waals surface area (Å²) in [5, 5.41) is 12.3. The molecule has 0 saturated carbocycles. The number of benzene rings is 1. The number of nitrogens with one attached hydrogen (secondary N) is 1. The van der Waals surface area contributed by atoms with E-state index in [4.69, 9.17) is 4.74 Å². The monoisotopic (exact) mass is 403 g/mol. The molecular weight excluding hydrogens is 382 g/mol. The molecule has 0 aliphatic heterocycles. The SMILES string of the molecule is COc1ccc(-c2nnc(S[C@H](C)C(=O)Nc3nc(C)c(C)s3)n2C)cc1. The van der Waals surface area contributed by atoms with E-state index in [1.807, 2.05) is 56.7 Å². The number of carbonyl (C=O) groups excluding carboxylic acids is 1. The Kier molecular flexibility index (Phi) is 5.81. The van der Waals surface area contributed by atoms with Crippen molar-refractivity contribution in [3.05, 3.63) is 34.8 Å². The molecule has 2 aromatic heterocycles. The summed E-state index contributed by atoms with van der Waals surface area (Å²) in [6, 6.07) is 7.62. The number of methoxy groups -OCH3 is 1. The van der Waals surface area contributed by atoms with Crippen LogP contribution in [-0.2, 0) is 11.8 Å². The number of aryl methyl sites for hydroxylation is 2. The summed E-state index contributed by atoms with van der Waals surface area (Å²) in [4.78, 5) is 17.9. The molecule has 0 bridgehead atoms. The fourth-order valence-electron chi connectivity index (χ4n) is 2.35. The Bertz CT molecular complexity index is 930. The molecular formula is C18H21N5O2S2. The molecule has 3 aromatic rings. The number of carbonyl (C=O) groups is 1. The molecule has 3 rings (SSSR count). The maximum atomic E-state index is 12.5. The first-order valence-electron chi connectivity index (χ1n) is 8.34. The number of rotatable bonds is 6. The van der Waals surface area contributed by atoms with Crippen molar-refractivity contribution in [1.82, 2.24) is 19.7 Å². The van der Waals surface area contributed by atoms with E-state index in [2.05, 4.69) is 20.5 Å². The normalized spacial score (nSPS) is 12.0. The third kappa shape index (κ3) is 4.30. The molecule has 1 atom stereocenters. The van der Waals surface area contributed by atoms with Gasteiger partial charge in [-0.3, -0.25) is 4.79 Å². The first kappa shape index (κ1) is 19.4. The summed E-state index contributed by atoms with van der Waals surface area (Å²) in [7, 11) is 3.52. The summed E-state index contributed by atoms with van der Waals surface area (Å²) in [6.07, 6.45) is 0. The van der Waals surface area contributed by atoms with E-state index in [0.717, 1.165) is 27.7 Å². The zero-order valence-corrected chi connectivity index (χ0v) is 17.4. The van der Waals surface area contributed by atoms with Gasteiger partial charge in [0, 0.05) is 17.5 Å². The fraction of sp³-hybridized carbons (Fsp3) is 0.333. The standard InChI is InChI=1S/C18H21N5O2S2/c1-10-11(2)26-17(19-10)20-16(24)12(3)27-18-22-21-15(23(18)4)13-6-8-14(25-5)9-7-13/h6-9,12H,1-5H3,(H,19,20,24)/t12-/m1/s1. The van der Waals surface area contributed by atoms with Crippen LogP contribution in [0.5, 0.6) is 5.75 Å². The number of thiazole rings is 1. The molecule has 142 valence electrons. The van der Waals surface area contributed by atoms with Crippen LogP contribution >= 0.6 is 23.1 Å². The minimum Gasteiger partial charge on any atom is -0.497 e. The van der Waals surface area contributed by atoms with Crippen LogP contribution in [-0.4, -0.2) is 38.0 Å². The molecule has 0 aliphatic rings. The molecule has 1 N–H and O–H groups in total. The van der Waals surface area contributed by atoms with E-state index >= 15 is 0 Å². The molecule has 0 aliphatic carbocycles.